The lowest BCUT2D eigenvalue weighted by Crippen LogP contribution is -2.36. The summed E-state index contributed by atoms with van der Waals surface area (Å²) in [5.74, 6) is 0.792. The Balaban J connectivity index is 2.15. The third kappa shape index (κ3) is 3.37. The molecule has 1 heterocycles. The molecule has 2 rings (SSSR count). The summed E-state index contributed by atoms with van der Waals surface area (Å²) < 4.78 is 0. The number of hydrogen-bond donors (Lipinski definition) is 0. The van der Waals surface area contributed by atoms with E-state index in [1.165, 1.54) is 31.5 Å². The molecule has 0 unspecified atom stereocenters. The summed E-state index contributed by atoms with van der Waals surface area (Å²) in [6.07, 6.45) is 2.64. The van der Waals surface area contributed by atoms with E-state index in [2.05, 4.69) is 18.7 Å². The molecular weight excluding hydrogens is 253 g/mol. The SMILES string of the molecule is C[C@H]1CCCN([C@@H](C)c2cc(Cl)cc(Cl)c2)C1. The van der Waals surface area contributed by atoms with Crippen LogP contribution in [0.1, 0.15) is 38.3 Å². The van der Waals surface area contributed by atoms with Crippen molar-refractivity contribution in [2.45, 2.75) is 32.7 Å². The van der Waals surface area contributed by atoms with Crippen LogP contribution in [-0.2, 0) is 0 Å². The second kappa shape index (κ2) is 5.60. The van der Waals surface area contributed by atoms with E-state index in [0.29, 0.717) is 6.04 Å². The van der Waals surface area contributed by atoms with E-state index in [-0.39, 0.29) is 0 Å². The van der Waals surface area contributed by atoms with Gasteiger partial charge < -0.3 is 0 Å². The molecule has 2 atom stereocenters. The predicted octanol–water partition coefficient (Wildman–Crippen LogP) is 4.79. The smallest absolute Gasteiger partial charge is 0.0424 e. The molecule has 3 heteroatoms. The lowest BCUT2D eigenvalue weighted by atomic mass is 9.97. The Bertz CT molecular complexity index is 372. The van der Waals surface area contributed by atoms with Crippen molar-refractivity contribution in [2.24, 2.45) is 5.92 Å². The topological polar surface area (TPSA) is 3.24 Å². The van der Waals surface area contributed by atoms with Gasteiger partial charge in [0.25, 0.3) is 0 Å². The maximum absolute atomic E-state index is 6.06. The van der Waals surface area contributed by atoms with E-state index in [4.69, 9.17) is 23.2 Å². The van der Waals surface area contributed by atoms with Crippen LogP contribution in [0.4, 0.5) is 0 Å². The van der Waals surface area contributed by atoms with Crippen molar-refractivity contribution in [3.63, 3.8) is 0 Å². The van der Waals surface area contributed by atoms with Gasteiger partial charge in [-0.25, -0.2) is 0 Å². The first-order valence-electron chi connectivity index (χ1n) is 6.26. The number of piperidine rings is 1. The average Bonchev–Trinajstić information content (AvgIpc) is 2.26. The predicted molar refractivity (Wildman–Crippen MR) is 74.8 cm³/mol. The number of rotatable bonds is 2. The Labute approximate surface area is 114 Å². The Hall–Kier alpha value is -0.240. The highest BCUT2D eigenvalue weighted by molar-refractivity contribution is 6.34. The van der Waals surface area contributed by atoms with Gasteiger partial charge in [0.2, 0.25) is 0 Å². The Morgan fingerprint density at radius 1 is 1.24 bits per heavy atom. The zero-order valence-corrected chi connectivity index (χ0v) is 11.9. The van der Waals surface area contributed by atoms with Crippen LogP contribution in [0, 0.1) is 5.92 Å². The van der Waals surface area contributed by atoms with Crippen LogP contribution in [0.3, 0.4) is 0 Å². The van der Waals surface area contributed by atoms with Crippen molar-refractivity contribution >= 4 is 23.2 Å². The second-order valence-corrected chi connectivity index (χ2v) is 5.99. The molecule has 1 aromatic rings. The largest absolute Gasteiger partial charge is 0.296 e. The van der Waals surface area contributed by atoms with Crippen molar-refractivity contribution in [3.8, 4) is 0 Å². The zero-order valence-electron chi connectivity index (χ0n) is 10.4. The second-order valence-electron chi connectivity index (χ2n) is 5.12. The monoisotopic (exact) mass is 271 g/mol. The Morgan fingerprint density at radius 2 is 1.88 bits per heavy atom. The highest BCUT2D eigenvalue weighted by atomic mass is 35.5. The molecule has 0 aromatic heterocycles. The van der Waals surface area contributed by atoms with Crippen LogP contribution in [0.5, 0.6) is 0 Å². The van der Waals surface area contributed by atoms with Gasteiger partial charge in [-0.05, 0) is 56.0 Å². The molecule has 0 amide bonds. The fourth-order valence-electron chi connectivity index (χ4n) is 2.60. The molecule has 0 aliphatic carbocycles. The molecule has 0 saturated carbocycles. The molecule has 94 valence electrons. The van der Waals surface area contributed by atoms with Crippen LogP contribution in [-0.4, -0.2) is 18.0 Å². The van der Waals surface area contributed by atoms with Crippen LogP contribution in [0.25, 0.3) is 0 Å². The van der Waals surface area contributed by atoms with Crippen LogP contribution >= 0.6 is 23.2 Å². The maximum Gasteiger partial charge on any atom is 0.0424 e. The van der Waals surface area contributed by atoms with Crippen molar-refractivity contribution < 1.29 is 0 Å². The summed E-state index contributed by atoms with van der Waals surface area (Å²) in [5.41, 5.74) is 1.22. The summed E-state index contributed by atoms with van der Waals surface area (Å²) in [4.78, 5) is 2.52. The van der Waals surface area contributed by atoms with Crippen molar-refractivity contribution in [2.75, 3.05) is 13.1 Å². The molecule has 17 heavy (non-hydrogen) atoms. The van der Waals surface area contributed by atoms with Crippen molar-refractivity contribution in [1.29, 1.82) is 0 Å². The minimum Gasteiger partial charge on any atom is -0.296 e. The summed E-state index contributed by atoms with van der Waals surface area (Å²) in [6.45, 7) is 6.91. The minimum absolute atomic E-state index is 0.397. The van der Waals surface area contributed by atoms with Crippen LogP contribution in [0.15, 0.2) is 18.2 Å². The third-order valence-corrected chi connectivity index (χ3v) is 4.04. The molecule has 1 aliphatic heterocycles. The molecule has 1 saturated heterocycles. The fraction of sp³-hybridized carbons (Fsp3) is 0.571. The van der Waals surface area contributed by atoms with E-state index in [1.54, 1.807) is 6.07 Å². The molecule has 0 bridgehead atoms. The van der Waals surface area contributed by atoms with Crippen molar-refractivity contribution in [1.82, 2.24) is 4.90 Å². The van der Waals surface area contributed by atoms with E-state index >= 15 is 0 Å². The van der Waals surface area contributed by atoms with E-state index in [0.717, 1.165) is 16.0 Å². The normalized spacial score (nSPS) is 23.6. The summed E-state index contributed by atoms with van der Waals surface area (Å²) >= 11 is 12.1. The van der Waals surface area contributed by atoms with Gasteiger partial charge in [0.1, 0.15) is 0 Å². The lowest BCUT2D eigenvalue weighted by Gasteiger charge is -2.35. The van der Waals surface area contributed by atoms with Crippen LogP contribution in [0.2, 0.25) is 10.0 Å². The molecule has 0 N–H and O–H groups in total. The van der Waals surface area contributed by atoms with Gasteiger partial charge >= 0.3 is 0 Å². The average molecular weight is 272 g/mol. The van der Waals surface area contributed by atoms with E-state index in [1.807, 2.05) is 12.1 Å². The minimum atomic E-state index is 0.397. The number of nitrogens with zero attached hydrogens (tertiary/aromatic N) is 1. The van der Waals surface area contributed by atoms with Gasteiger partial charge in [-0.15, -0.1) is 0 Å². The van der Waals surface area contributed by atoms with Gasteiger partial charge in [0, 0.05) is 22.6 Å². The zero-order chi connectivity index (χ0) is 12.4. The number of halogens is 2. The van der Waals surface area contributed by atoms with Gasteiger partial charge in [0.05, 0.1) is 0 Å². The fourth-order valence-corrected chi connectivity index (χ4v) is 3.15. The van der Waals surface area contributed by atoms with Crippen LogP contribution < -0.4 is 0 Å². The molecule has 1 aromatic carbocycles. The standard InChI is InChI=1S/C14H19Cl2N/c1-10-4-3-5-17(9-10)11(2)12-6-13(15)8-14(16)7-12/h6-8,10-11H,3-5,9H2,1-2H3/t10-,11-/m0/s1. The molecule has 0 spiro atoms. The summed E-state index contributed by atoms with van der Waals surface area (Å²) in [6, 6.07) is 6.24. The Kier molecular flexibility index (Phi) is 4.35. The van der Waals surface area contributed by atoms with Gasteiger partial charge in [-0.3, -0.25) is 4.90 Å². The van der Waals surface area contributed by atoms with Gasteiger partial charge in [-0.1, -0.05) is 30.1 Å². The molecular formula is C14H19Cl2N. The van der Waals surface area contributed by atoms with Gasteiger partial charge in [-0.2, -0.15) is 0 Å². The number of likely N-dealkylation sites (tertiary alicyclic amines) is 1. The number of hydrogen-bond acceptors (Lipinski definition) is 1. The first-order chi connectivity index (χ1) is 8.06. The van der Waals surface area contributed by atoms with E-state index < -0.39 is 0 Å². The third-order valence-electron chi connectivity index (χ3n) is 3.60. The highest BCUT2D eigenvalue weighted by Crippen LogP contribution is 2.29. The summed E-state index contributed by atoms with van der Waals surface area (Å²) in [7, 11) is 0. The first kappa shape index (κ1) is 13.2. The molecule has 1 nitrogen and oxygen atoms in total. The lowest BCUT2D eigenvalue weighted by molar-refractivity contribution is 0.139. The molecule has 1 aliphatic rings. The first-order valence-corrected chi connectivity index (χ1v) is 7.02. The van der Waals surface area contributed by atoms with Crippen molar-refractivity contribution in [3.05, 3.63) is 33.8 Å². The molecule has 1 fully saturated rings. The maximum atomic E-state index is 6.06. The quantitative estimate of drug-likeness (QED) is 0.748. The highest BCUT2D eigenvalue weighted by Gasteiger charge is 2.22. The van der Waals surface area contributed by atoms with E-state index in [9.17, 15) is 0 Å². The number of benzene rings is 1. The molecule has 0 radical (unpaired) electrons. The Morgan fingerprint density at radius 3 is 2.47 bits per heavy atom. The summed E-state index contributed by atoms with van der Waals surface area (Å²) in [5, 5.41) is 1.45. The van der Waals surface area contributed by atoms with Gasteiger partial charge in [0.15, 0.2) is 0 Å².